The zero-order chi connectivity index (χ0) is 29.4. The standard InChI is InChI=1S/C32H44F2N6O/c1-5-10-29(36-26-14-13-23-17-25(33)18-28(34)27(23)19-26)32(41)37-31-21-40(22-35-31)30-12-9-8-11-24(30)20-38(4)15-16-39(6-2)7-3/h8-9,11-12,17-18,21-22,26,29,36H,5-7,10,13-16,19-20H2,1-4H3,(H,37,41)/t26?,29-/m0/s1. The van der Waals surface area contributed by atoms with Crippen molar-refractivity contribution in [1.29, 1.82) is 0 Å². The predicted molar refractivity (Wildman–Crippen MR) is 160 cm³/mol. The molecule has 1 unspecified atom stereocenters. The number of likely N-dealkylation sites (N-methyl/N-ethyl adjacent to an activating group) is 2. The van der Waals surface area contributed by atoms with E-state index in [9.17, 15) is 13.6 Å². The second-order valence-electron chi connectivity index (χ2n) is 11.0. The van der Waals surface area contributed by atoms with Gasteiger partial charge in [-0.1, -0.05) is 45.4 Å². The van der Waals surface area contributed by atoms with Gasteiger partial charge in [-0.2, -0.15) is 0 Å². The summed E-state index contributed by atoms with van der Waals surface area (Å²) in [6, 6.07) is 10.1. The smallest absolute Gasteiger partial charge is 0.242 e. The van der Waals surface area contributed by atoms with E-state index in [1.807, 2.05) is 29.8 Å². The predicted octanol–water partition coefficient (Wildman–Crippen LogP) is 5.18. The third kappa shape index (κ3) is 8.21. The van der Waals surface area contributed by atoms with Crippen molar-refractivity contribution in [1.82, 2.24) is 24.7 Å². The summed E-state index contributed by atoms with van der Waals surface area (Å²) in [4.78, 5) is 22.5. The fraction of sp³-hybridized carbons (Fsp3) is 0.500. The Morgan fingerprint density at radius 1 is 1.15 bits per heavy atom. The molecule has 0 spiro atoms. The van der Waals surface area contributed by atoms with E-state index >= 15 is 0 Å². The second kappa shape index (κ2) is 14.7. The van der Waals surface area contributed by atoms with Gasteiger partial charge in [-0.25, -0.2) is 13.8 Å². The summed E-state index contributed by atoms with van der Waals surface area (Å²) < 4.78 is 30.0. The Bertz CT molecular complexity index is 1290. The third-order valence-electron chi connectivity index (χ3n) is 8.03. The zero-order valence-electron chi connectivity index (χ0n) is 24.8. The number of nitrogens with one attached hydrogen (secondary N) is 2. The number of benzene rings is 2. The average Bonchev–Trinajstić information content (AvgIpc) is 3.42. The monoisotopic (exact) mass is 566 g/mol. The van der Waals surface area contributed by atoms with Crippen molar-refractivity contribution < 1.29 is 13.6 Å². The molecular weight excluding hydrogens is 522 g/mol. The van der Waals surface area contributed by atoms with Crippen LogP contribution in [0.25, 0.3) is 5.69 Å². The first kappa shape index (κ1) is 30.8. The minimum absolute atomic E-state index is 0.0621. The Hall–Kier alpha value is -3.14. The van der Waals surface area contributed by atoms with Crippen molar-refractivity contribution in [2.24, 2.45) is 0 Å². The molecule has 1 amide bonds. The van der Waals surface area contributed by atoms with E-state index in [1.54, 1.807) is 6.33 Å². The number of aromatic nitrogens is 2. The first-order chi connectivity index (χ1) is 19.8. The van der Waals surface area contributed by atoms with Crippen LogP contribution in [0.4, 0.5) is 14.6 Å². The number of carbonyl (C=O) groups is 1. The van der Waals surface area contributed by atoms with Crippen LogP contribution in [-0.4, -0.2) is 70.6 Å². The number of nitrogens with zero attached hydrogens (tertiary/aromatic N) is 4. The SMILES string of the molecule is CCC[C@H](NC1CCc2cc(F)cc(F)c2C1)C(=O)Nc1cn(-c2ccccc2CN(C)CCN(CC)CC)cn1. The molecule has 41 heavy (non-hydrogen) atoms. The van der Waals surface area contributed by atoms with Gasteiger partial charge in [-0.05, 0) is 74.6 Å². The lowest BCUT2D eigenvalue weighted by Gasteiger charge is -2.29. The highest BCUT2D eigenvalue weighted by Gasteiger charge is 2.27. The maximum absolute atomic E-state index is 14.4. The van der Waals surface area contributed by atoms with Crippen LogP contribution in [0.5, 0.6) is 0 Å². The van der Waals surface area contributed by atoms with Crippen LogP contribution < -0.4 is 10.6 Å². The average molecular weight is 567 g/mol. The normalized spacial score (nSPS) is 15.8. The molecule has 7 nitrogen and oxygen atoms in total. The topological polar surface area (TPSA) is 65.4 Å². The van der Waals surface area contributed by atoms with Crippen LogP contribution in [0, 0.1) is 11.6 Å². The zero-order valence-corrected chi connectivity index (χ0v) is 24.8. The van der Waals surface area contributed by atoms with Gasteiger partial charge < -0.3 is 25.0 Å². The molecule has 1 aliphatic carbocycles. The summed E-state index contributed by atoms with van der Waals surface area (Å²) in [6.45, 7) is 11.3. The minimum Gasteiger partial charge on any atom is -0.308 e. The highest BCUT2D eigenvalue weighted by molar-refractivity contribution is 5.94. The maximum Gasteiger partial charge on any atom is 0.242 e. The maximum atomic E-state index is 14.4. The molecule has 0 aliphatic heterocycles. The molecule has 2 N–H and O–H groups in total. The van der Waals surface area contributed by atoms with Gasteiger partial charge in [0.2, 0.25) is 5.91 Å². The molecule has 9 heteroatoms. The van der Waals surface area contributed by atoms with E-state index in [4.69, 9.17) is 0 Å². The van der Waals surface area contributed by atoms with Gasteiger partial charge in [-0.3, -0.25) is 4.79 Å². The number of carbonyl (C=O) groups excluding carboxylic acids is 1. The Morgan fingerprint density at radius 2 is 1.93 bits per heavy atom. The Labute approximate surface area is 242 Å². The molecule has 4 rings (SSSR count). The fourth-order valence-corrected chi connectivity index (χ4v) is 5.64. The van der Waals surface area contributed by atoms with Crippen LogP contribution in [-0.2, 0) is 24.2 Å². The first-order valence-electron chi connectivity index (χ1n) is 14.9. The van der Waals surface area contributed by atoms with E-state index < -0.39 is 17.7 Å². The molecule has 1 heterocycles. The summed E-state index contributed by atoms with van der Waals surface area (Å²) in [7, 11) is 2.14. The lowest BCUT2D eigenvalue weighted by molar-refractivity contribution is -0.118. The van der Waals surface area contributed by atoms with Crippen LogP contribution >= 0.6 is 0 Å². The van der Waals surface area contributed by atoms with Crippen LogP contribution in [0.1, 0.15) is 56.7 Å². The molecule has 3 aromatic rings. The van der Waals surface area contributed by atoms with Crippen molar-refractivity contribution in [3.63, 3.8) is 0 Å². The van der Waals surface area contributed by atoms with E-state index in [2.05, 4.69) is 58.4 Å². The van der Waals surface area contributed by atoms with Crippen molar-refractivity contribution in [2.75, 3.05) is 38.5 Å². The number of halogens is 2. The van der Waals surface area contributed by atoms with Gasteiger partial charge in [0.1, 0.15) is 18.0 Å². The summed E-state index contributed by atoms with van der Waals surface area (Å²) in [6.07, 6.45) is 6.77. The van der Waals surface area contributed by atoms with E-state index in [0.717, 1.165) is 62.9 Å². The number of hydrogen-bond donors (Lipinski definition) is 2. The first-order valence-corrected chi connectivity index (χ1v) is 14.9. The van der Waals surface area contributed by atoms with E-state index in [-0.39, 0.29) is 11.9 Å². The summed E-state index contributed by atoms with van der Waals surface area (Å²) >= 11 is 0. The Balaban J connectivity index is 1.39. The molecule has 2 atom stereocenters. The lowest BCUT2D eigenvalue weighted by atomic mass is 9.87. The molecule has 2 aromatic carbocycles. The molecule has 222 valence electrons. The van der Waals surface area contributed by atoms with Gasteiger partial charge in [0.15, 0.2) is 5.82 Å². The van der Waals surface area contributed by atoms with Crippen LogP contribution in [0.2, 0.25) is 0 Å². The quantitative estimate of drug-likeness (QED) is 0.282. The largest absolute Gasteiger partial charge is 0.308 e. The molecule has 0 saturated heterocycles. The number of imidazole rings is 1. The number of para-hydroxylation sites is 1. The van der Waals surface area contributed by atoms with Crippen LogP contribution in [0.3, 0.4) is 0 Å². The highest BCUT2D eigenvalue weighted by Crippen LogP contribution is 2.26. The van der Waals surface area contributed by atoms with Crippen molar-refractivity contribution in [2.45, 2.75) is 71.5 Å². The van der Waals surface area contributed by atoms with E-state index in [0.29, 0.717) is 30.6 Å². The summed E-state index contributed by atoms with van der Waals surface area (Å²) in [5, 5.41) is 6.42. The van der Waals surface area contributed by atoms with Crippen molar-refractivity contribution in [3.8, 4) is 5.69 Å². The molecule has 0 fully saturated rings. The number of aryl methyl sites for hydroxylation is 1. The van der Waals surface area contributed by atoms with Gasteiger partial charge >= 0.3 is 0 Å². The molecule has 1 aliphatic rings. The highest BCUT2D eigenvalue weighted by atomic mass is 19.1. The fourth-order valence-electron chi connectivity index (χ4n) is 5.64. The summed E-state index contributed by atoms with van der Waals surface area (Å²) in [5.41, 5.74) is 3.47. The second-order valence-corrected chi connectivity index (χ2v) is 11.0. The van der Waals surface area contributed by atoms with Gasteiger partial charge in [-0.15, -0.1) is 0 Å². The summed E-state index contributed by atoms with van der Waals surface area (Å²) in [5.74, 6) is -0.728. The third-order valence-corrected chi connectivity index (χ3v) is 8.03. The van der Waals surface area contributed by atoms with Gasteiger partial charge in [0, 0.05) is 31.7 Å². The molecular formula is C32H44F2N6O. The number of fused-ring (bicyclic) bond motifs is 1. The molecule has 0 radical (unpaired) electrons. The molecule has 0 saturated carbocycles. The van der Waals surface area contributed by atoms with Gasteiger partial charge in [0.25, 0.3) is 0 Å². The minimum atomic E-state index is -0.541. The Morgan fingerprint density at radius 3 is 2.68 bits per heavy atom. The number of amides is 1. The van der Waals surface area contributed by atoms with Gasteiger partial charge in [0.05, 0.1) is 17.9 Å². The number of rotatable bonds is 14. The van der Waals surface area contributed by atoms with E-state index in [1.165, 1.54) is 11.6 Å². The van der Waals surface area contributed by atoms with Crippen molar-refractivity contribution in [3.05, 3.63) is 77.2 Å². The van der Waals surface area contributed by atoms with Crippen LogP contribution in [0.15, 0.2) is 48.9 Å². The number of hydrogen-bond acceptors (Lipinski definition) is 5. The molecule has 0 bridgehead atoms. The lowest BCUT2D eigenvalue weighted by Crippen LogP contribution is -2.48. The molecule has 1 aromatic heterocycles. The Kier molecular flexibility index (Phi) is 11.0. The van der Waals surface area contributed by atoms with Crippen molar-refractivity contribution >= 4 is 11.7 Å². The number of anilines is 1.